The van der Waals surface area contributed by atoms with E-state index in [0.29, 0.717) is 30.8 Å². The number of nitrogens with one attached hydrogen (secondary N) is 1. The van der Waals surface area contributed by atoms with Crippen LogP contribution in [-0.4, -0.2) is 39.1 Å². The van der Waals surface area contributed by atoms with Crippen molar-refractivity contribution in [2.24, 2.45) is 0 Å². The molecule has 8 heteroatoms. The first-order valence-electron chi connectivity index (χ1n) is 12.9. The van der Waals surface area contributed by atoms with Crippen molar-refractivity contribution in [3.63, 3.8) is 0 Å². The van der Waals surface area contributed by atoms with Crippen molar-refractivity contribution >= 4 is 21.5 Å². The van der Waals surface area contributed by atoms with Gasteiger partial charge in [-0.1, -0.05) is 62.9 Å². The first-order valence-corrected chi connectivity index (χ1v) is 14.5. The number of aryl methyl sites for hydroxylation is 2. The molecule has 3 aromatic carbocycles. The Morgan fingerprint density at radius 1 is 0.895 bits per heavy atom. The number of rotatable bonds is 15. The maximum absolute atomic E-state index is 13.8. The summed E-state index contributed by atoms with van der Waals surface area (Å²) in [6.07, 6.45) is 5.72. The minimum atomic E-state index is -3.74. The topological polar surface area (TPSA) is 102 Å². The van der Waals surface area contributed by atoms with Crippen LogP contribution in [0.5, 0.6) is 11.5 Å². The highest BCUT2D eigenvalue weighted by atomic mass is 32.2. The van der Waals surface area contributed by atoms with E-state index in [1.54, 1.807) is 24.3 Å². The van der Waals surface area contributed by atoms with Gasteiger partial charge < -0.3 is 19.9 Å². The lowest BCUT2D eigenvalue weighted by Crippen LogP contribution is -2.30. The van der Waals surface area contributed by atoms with Gasteiger partial charge in [-0.3, -0.25) is 0 Å². The molecule has 204 valence electrons. The summed E-state index contributed by atoms with van der Waals surface area (Å²) in [6, 6.07) is 19.3. The first kappa shape index (κ1) is 29.0. The van der Waals surface area contributed by atoms with Crippen LogP contribution in [0.1, 0.15) is 60.5 Å². The average molecular weight is 540 g/mol. The third kappa shape index (κ3) is 7.51. The van der Waals surface area contributed by atoms with Crippen molar-refractivity contribution in [2.45, 2.75) is 62.1 Å². The van der Waals surface area contributed by atoms with Gasteiger partial charge in [0.05, 0.1) is 24.7 Å². The van der Waals surface area contributed by atoms with Gasteiger partial charge in [0.25, 0.3) is 0 Å². The molecule has 0 amide bonds. The Bertz CT molecular complexity index is 1300. The van der Waals surface area contributed by atoms with Gasteiger partial charge in [-0.05, 0) is 60.7 Å². The number of ether oxygens (including phenoxy) is 2. The van der Waals surface area contributed by atoms with Crippen LogP contribution in [-0.2, 0) is 22.7 Å². The minimum Gasteiger partial charge on any atom is -0.493 e. The van der Waals surface area contributed by atoms with Crippen LogP contribution in [0.3, 0.4) is 0 Å². The van der Waals surface area contributed by atoms with Gasteiger partial charge >= 0.3 is 5.97 Å². The van der Waals surface area contributed by atoms with Crippen molar-refractivity contribution in [3.8, 4) is 11.5 Å². The molecule has 0 aliphatic heterocycles. The molecule has 0 aliphatic rings. The molecule has 0 spiro atoms. The number of carbonyl (C=O) groups is 1. The van der Waals surface area contributed by atoms with Crippen molar-refractivity contribution in [1.82, 2.24) is 0 Å². The normalized spacial score (nSPS) is 12.1. The van der Waals surface area contributed by atoms with Gasteiger partial charge in [0.15, 0.2) is 21.3 Å². The Kier molecular flexibility index (Phi) is 10.6. The monoisotopic (exact) mass is 539 g/mol. The van der Waals surface area contributed by atoms with E-state index in [-0.39, 0.29) is 10.5 Å². The Labute approximate surface area is 225 Å². The van der Waals surface area contributed by atoms with Crippen LogP contribution in [0, 0.1) is 0 Å². The summed E-state index contributed by atoms with van der Waals surface area (Å²) in [5, 5.41) is 11.7. The fourth-order valence-corrected chi connectivity index (χ4v) is 5.98. The number of methoxy groups -OCH3 is 2. The molecule has 0 bridgehead atoms. The number of anilines is 1. The molecule has 0 aliphatic carbocycles. The van der Waals surface area contributed by atoms with Crippen LogP contribution < -0.4 is 14.8 Å². The molecular weight excluding hydrogens is 502 g/mol. The summed E-state index contributed by atoms with van der Waals surface area (Å²) in [5.41, 5.74) is 3.04. The average Bonchev–Trinajstić information content (AvgIpc) is 2.93. The van der Waals surface area contributed by atoms with Gasteiger partial charge in [-0.2, -0.15) is 0 Å². The number of benzene rings is 3. The Balaban J connectivity index is 1.85. The second-order valence-electron chi connectivity index (χ2n) is 9.20. The number of carboxylic acids is 1. The quantitative estimate of drug-likeness (QED) is 0.216. The van der Waals surface area contributed by atoms with Gasteiger partial charge in [0.1, 0.15) is 5.37 Å². The summed E-state index contributed by atoms with van der Waals surface area (Å²) in [4.78, 5) is 11.3. The predicted molar refractivity (Wildman–Crippen MR) is 150 cm³/mol. The van der Waals surface area contributed by atoms with Crippen LogP contribution in [0.4, 0.5) is 5.69 Å². The molecule has 0 fully saturated rings. The molecule has 0 radical (unpaired) electrons. The lowest BCUT2D eigenvalue weighted by atomic mass is 10.0. The molecule has 0 saturated heterocycles. The number of carboxylic acid groups (broad SMARTS) is 1. The zero-order chi connectivity index (χ0) is 27.5. The van der Waals surface area contributed by atoms with Gasteiger partial charge in [-0.25, -0.2) is 13.2 Å². The van der Waals surface area contributed by atoms with E-state index in [1.165, 1.54) is 20.3 Å². The maximum atomic E-state index is 13.8. The number of hydrogen-bond acceptors (Lipinski definition) is 6. The Morgan fingerprint density at radius 3 is 2.26 bits per heavy atom. The minimum absolute atomic E-state index is 0.180. The van der Waals surface area contributed by atoms with Crippen molar-refractivity contribution in [1.29, 1.82) is 0 Å². The van der Waals surface area contributed by atoms with Crippen LogP contribution in [0.15, 0.2) is 71.6 Å². The molecule has 3 aromatic rings. The Morgan fingerprint density at radius 2 is 1.61 bits per heavy atom. The highest BCUT2D eigenvalue weighted by molar-refractivity contribution is 7.92. The van der Waals surface area contributed by atoms with E-state index in [9.17, 15) is 13.2 Å². The summed E-state index contributed by atoms with van der Waals surface area (Å²) in [5.74, 6) is -0.111. The molecule has 2 N–H and O–H groups in total. The molecule has 38 heavy (non-hydrogen) atoms. The molecule has 0 aromatic heterocycles. The molecular formula is C30H37NO6S. The van der Waals surface area contributed by atoms with Crippen molar-refractivity contribution in [3.05, 3.63) is 83.4 Å². The van der Waals surface area contributed by atoms with E-state index in [0.717, 1.165) is 42.5 Å². The molecule has 0 heterocycles. The highest BCUT2D eigenvalue weighted by Gasteiger charge is 2.29. The standard InChI is InChI=1S/C30H37NO6S/c1-4-5-6-7-12-29(38(34,35)25-19-20-27(36-2)28(21-25)37-3)31-26-11-9-8-10-23(26)16-13-22-14-17-24(18-15-22)30(32)33/h8-11,14-15,17-21,29,31H,4-7,12-13,16H2,1-3H3,(H,32,33). The third-order valence-corrected chi connectivity index (χ3v) is 8.61. The summed E-state index contributed by atoms with van der Waals surface area (Å²) < 4.78 is 38.3. The summed E-state index contributed by atoms with van der Waals surface area (Å²) in [6.45, 7) is 2.13. The number of para-hydroxylation sites is 1. The van der Waals surface area contributed by atoms with E-state index >= 15 is 0 Å². The molecule has 1 atom stereocenters. The van der Waals surface area contributed by atoms with Gasteiger partial charge in [0, 0.05) is 11.8 Å². The van der Waals surface area contributed by atoms with Crippen molar-refractivity contribution in [2.75, 3.05) is 19.5 Å². The molecule has 3 rings (SSSR count). The zero-order valence-electron chi connectivity index (χ0n) is 22.3. The predicted octanol–water partition coefficient (Wildman–Crippen LogP) is 6.37. The third-order valence-electron chi connectivity index (χ3n) is 6.60. The van der Waals surface area contributed by atoms with Crippen LogP contribution in [0.25, 0.3) is 0 Å². The fraction of sp³-hybridized carbons (Fsp3) is 0.367. The first-order chi connectivity index (χ1) is 18.3. The van der Waals surface area contributed by atoms with Crippen LogP contribution >= 0.6 is 0 Å². The lowest BCUT2D eigenvalue weighted by Gasteiger charge is -2.23. The van der Waals surface area contributed by atoms with Crippen molar-refractivity contribution < 1.29 is 27.8 Å². The molecule has 0 saturated carbocycles. The fourth-order valence-electron chi connectivity index (χ4n) is 4.36. The van der Waals surface area contributed by atoms with Gasteiger partial charge in [-0.15, -0.1) is 0 Å². The molecule has 7 nitrogen and oxygen atoms in total. The van der Waals surface area contributed by atoms with Gasteiger partial charge in [0.2, 0.25) is 0 Å². The van der Waals surface area contributed by atoms with E-state index in [2.05, 4.69) is 12.2 Å². The zero-order valence-corrected chi connectivity index (χ0v) is 23.1. The maximum Gasteiger partial charge on any atom is 0.335 e. The van der Waals surface area contributed by atoms with E-state index in [1.807, 2.05) is 36.4 Å². The van der Waals surface area contributed by atoms with E-state index < -0.39 is 21.2 Å². The van der Waals surface area contributed by atoms with Crippen LogP contribution in [0.2, 0.25) is 0 Å². The summed E-state index contributed by atoms with van der Waals surface area (Å²) in [7, 11) is -0.741. The summed E-state index contributed by atoms with van der Waals surface area (Å²) >= 11 is 0. The highest BCUT2D eigenvalue weighted by Crippen LogP contribution is 2.32. The number of hydrogen-bond donors (Lipinski definition) is 2. The second-order valence-corrected chi connectivity index (χ2v) is 11.3. The SMILES string of the molecule is CCCCCCC(Nc1ccccc1CCc1ccc(C(=O)O)cc1)S(=O)(=O)c1ccc(OC)c(OC)c1. The smallest absolute Gasteiger partial charge is 0.335 e. The largest absolute Gasteiger partial charge is 0.493 e. The Hall–Kier alpha value is -3.52. The number of aromatic carboxylic acids is 1. The van der Waals surface area contributed by atoms with E-state index in [4.69, 9.17) is 14.6 Å². The number of sulfone groups is 1. The second kappa shape index (κ2) is 13.9. The lowest BCUT2D eigenvalue weighted by molar-refractivity contribution is 0.0697. The number of unbranched alkanes of at least 4 members (excludes halogenated alkanes) is 3. The molecule has 1 unspecified atom stereocenters.